The molecule has 1 atom stereocenters. The molecule has 0 bridgehead atoms. The second-order valence-electron chi connectivity index (χ2n) is 3.98. The highest BCUT2D eigenvalue weighted by Crippen LogP contribution is 2.12. The Morgan fingerprint density at radius 2 is 2.18 bits per heavy atom. The first-order valence-electron chi connectivity index (χ1n) is 5.30. The fourth-order valence-corrected chi connectivity index (χ4v) is 2.58. The van der Waals surface area contributed by atoms with Crippen LogP contribution in [0.4, 0.5) is 5.69 Å². The van der Waals surface area contributed by atoms with Crippen LogP contribution in [0.15, 0.2) is 29.2 Å². The Morgan fingerprint density at radius 1 is 1.47 bits per heavy atom. The minimum Gasteiger partial charge on any atom is -0.399 e. The molecule has 1 aromatic rings. The zero-order valence-corrected chi connectivity index (χ0v) is 10.8. The summed E-state index contributed by atoms with van der Waals surface area (Å²) in [6.07, 6.45) is 0. The largest absolute Gasteiger partial charge is 0.399 e. The summed E-state index contributed by atoms with van der Waals surface area (Å²) < 4.78 is 31.2. The number of hydrogen-bond acceptors (Lipinski definition) is 4. The van der Waals surface area contributed by atoms with E-state index in [1.807, 2.05) is 6.92 Å². The molecule has 1 unspecified atom stereocenters. The van der Waals surface area contributed by atoms with Crippen LogP contribution in [0.5, 0.6) is 0 Å². The lowest BCUT2D eigenvalue weighted by Gasteiger charge is -2.12. The van der Waals surface area contributed by atoms with Crippen LogP contribution in [0.1, 0.15) is 6.92 Å². The zero-order valence-electron chi connectivity index (χ0n) is 10.0. The molecule has 0 fully saturated rings. The molecular weight excluding hydrogens is 240 g/mol. The number of sulfonamides is 1. The number of hydrogen-bond donors (Lipinski definition) is 2. The van der Waals surface area contributed by atoms with E-state index in [0.29, 0.717) is 18.8 Å². The van der Waals surface area contributed by atoms with Crippen LogP contribution < -0.4 is 10.5 Å². The minimum absolute atomic E-state index is 0.121. The van der Waals surface area contributed by atoms with Gasteiger partial charge in [0.1, 0.15) is 0 Å². The van der Waals surface area contributed by atoms with Gasteiger partial charge in [-0.3, -0.25) is 0 Å². The summed E-state index contributed by atoms with van der Waals surface area (Å²) in [5, 5.41) is 0. The topological polar surface area (TPSA) is 81.4 Å². The van der Waals surface area contributed by atoms with E-state index in [-0.39, 0.29) is 10.8 Å². The average molecular weight is 258 g/mol. The van der Waals surface area contributed by atoms with Gasteiger partial charge in [-0.25, -0.2) is 13.1 Å². The van der Waals surface area contributed by atoms with Crippen LogP contribution in [-0.4, -0.2) is 28.7 Å². The predicted molar refractivity (Wildman–Crippen MR) is 67.1 cm³/mol. The summed E-state index contributed by atoms with van der Waals surface area (Å²) in [7, 11) is -1.90. The summed E-state index contributed by atoms with van der Waals surface area (Å²) in [5.41, 5.74) is 5.98. The van der Waals surface area contributed by atoms with Crippen molar-refractivity contribution < 1.29 is 13.2 Å². The molecule has 96 valence electrons. The summed E-state index contributed by atoms with van der Waals surface area (Å²) in [5.74, 6) is 0.121. The Kier molecular flexibility index (Phi) is 4.92. The lowest BCUT2D eigenvalue weighted by atomic mass is 10.2. The van der Waals surface area contributed by atoms with E-state index in [2.05, 4.69) is 4.72 Å². The monoisotopic (exact) mass is 258 g/mol. The van der Waals surface area contributed by atoms with Crippen LogP contribution in [0, 0.1) is 5.92 Å². The van der Waals surface area contributed by atoms with Gasteiger partial charge in [-0.15, -0.1) is 0 Å². The van der Waals surface area contributed by atoms with Gasteiger partial charge in [0.25, 0.3) is 0 Å². The molecule has 3 N–H and O–H groups in total. The molecule has 0 radical (unpaired) electrons. The highest BCUT2D eigenvalue weighted by atomic mass is 32.2. The van der Waals surface area contributed by atoms with Crippen molar-refractivity contribution in [1.82, 2.24) is 4.72 Å². The van der Waals surface area contributed by atoms with E-state index in [1.54, 1.807) is 19.2 Å². The van der Waals surface area contributed by atoms with Gasteiger partial charge in [-0.05, 0) is 24.1 Å². The molecule has 0 heterocycles. The first-order chi connectivity index (χ1) is 7.95. The molecule has 0 aliphatic rings. The number of ether oxygens (including phenoxy) is 1. The minimum atomic E-state index is -3.48. The summed E-state index contributed by atoms with van der Waals surface area (Å²) in [6.45, 7) is 2.76. The van der Waals surface area contributed by atoms with Gasteiger partial charge < -0.3 is 10.5 Å². The molecule has 0 saturated heterocycles. The Hall–Kier alpha value is -1.11. The van der Waals surface area contributed by atoms with Crippen molar-refractivity contribution in [3.8, 4) is 0 Å². The first-order valence-corrected chi connectivity index (χ1v) is 6.78. The summed E-state index contributed by atoms with van der Waals surface area (Å²) in [6, 6.07) is 6.21. The van der Waals surface area contributed by atoms with Crippen LogP contribution in [0.2, 0.25) is 0 Å². The third-order valence-electron chi connectivity index (χ3n) is 2.24. The van der Waals surface area contributed by atoms with Crippen LogP contribution >= 0.6 is 0 Å². The zero-order chi connectivity index (χ0) is 12.9. The number of nitrogens with two attached hydrogens (primary N) is 1. The number of methoxy groups -OCH3 is 1. The van der Waals surface area contributed by atoms with Crippen molar-refractivity contribution in [1.29, 1.82) is 0 Å². The lowest BCUT2D eigenvalue weighted by Crippen LogP contribution is -2.30. The second-order valence-corrected chi connectivity index (χ2v) is 5.75. The van der Waals surface area contributed by atoms with Crippen molar-refractivity contribution in [2.24, 2.45) is 5.92 Å². The van der Waals surface area contributed by atoms with E-state index in [4.69, 9.17) is 10.5 Å². The maximum Gasteiger partial charge on any atom is 0.240 e. The van der Waals surface area contributed by atoms with Crippen LogP contribution in [-0.2, 0) is 14.8 Å². The van der Waals surface area contributed by atoms with E-state index in [0.717, 1.165) is 0 Å². The van der Waals surface area contributed by atoms with Gasteiger partial charge in [0.05, 0.1) is 4.90 Å². The van der Waals surface area contributed by atoms with Crippen molar-refractivity contribution in [2.75, 3.05) is 26.0 Å². The van der Waals surface area contributed by atoms with Crippen molar-refractivity contribution in [2.45, 2.75) is 11.8 Å². The van der Waals surface area contributed by atoms with Gasteiger partial charge in [-0.2, -0.15) is 0 Å². The average Bonchev–Trinajstić information content (AvgIpc) is 2.27. The molecular formula is C11H18N2O3S. The normalized spacial score (nSPS) is 13.5. The van der Waals surface area contributed by atoms with Gasteiger partial charge in [0.15, 0.2) is 0 Å². The quantitative estimate of drug-likeness (QED) is 0.740. The molecule has 0 aliphatic carbocycles. The first kappa shape index (κ1) is 14.0. The van der Waals surface area contributed by atoms with E-state index < -0.39 is 10.0 Å². The summed E-state index contributed by atoms with van der Waals surface area (Å²) in [4.78, 5) is 0.183. The maximum atomic E-state index is 11.9. The smallest absolute Gasteiger partial charge is 0.240 e. The molecule has 0 aliphatic heterocycles. The van der Waals surface area contributed by atoms with Gasteiger partial charge in [0.2, 0.25) is 10.0 Å². The van der Waals surface area contributed by atoms with E-state index in [1.165, 1.54) is 12.1 Å². The van der Waals surface area contributed by atoms with Crippen LogP contribution in [0.25, 0.3) is 0 Å². The number of anilines is 1. The predicted octanol–water partition coefficient (Wildman–Crippen LogP) is 0.830. The van der Waals surface area contributed by atoms with Crippen molar-refractivity contribution >= 4 is 15.7 Å². The lowest BCUT2D eigenvalue weighted by molar-refractivity contribution is 0.161. The molecule has 17 heavy (non-hydrogen) atoms. The maximum absolute atomic E-state index is 11.9. The molecule has 0 spiro atoms. The van der Waals surface area contributed by atoms with Gasteiger partial charge >= 0.3 is 0 Å². The fourth-order valence-electron chi connectivity index (χ4n) is 1.36. The Bertz CT molecular complexity index is 460. The molecule has 5 nitrogen and oxygen atoms in total. The Labute approximate surface area is 102 Å². The molecule has 1 aromatic carbocycles. The van der Waals surface area contributed by atoms with Crippen molar-refractivity contribution in [3.63, 3.8) is 0 Å². The third kappa shape index (κ3) is 4.33. The molecule has 0 aromatic heterocycles. The number of nitrogen functional groups attached to an aromatic ring is 1. The highest BCUT2D eigenvalue weighted by Gasteiger charge is 2.15. The van der Waals surface area contributed by atoms with Crippen LogP contribution in [0.3, 0.4) is 0 Å². The Balaban J connectivity index is 2.69. The fraction of sp³-hybridized carbons (Fsp3) is 0.455. The van der Waals surface area contributed by atoms with Gasteiger partial charge in [0, 0.05) is 25.9 Å². The number of benzene rings is 1. The Morgan fingerprint density at radius 3 is 2.76 bits per heavy atom. The van der Waals surface area contributed by atoms with Gasteiger partial charge in [-0.1, -0.05) is 13.0 Å². The summed E-state index contributed by atoms with van der Waals surface area (Å²) >= 11 is 0. The SMILES string of the molecule is COCC(C)CNS(=O)(=O)c1cccc(N)c1. The standard InChI is InChI=1S/C11H18N2O3S/c1-9(8-16-2)7-13-17(14,15)11-5-3-4-10(12)6-11/h3-6,9,13H,7-8,12H2,1-2H3. The molecule has 6 heteroatoms. The highest BCUT2D eigenvalue weighted by molar-refractivity contribution is 7.89. The number of nitrogens with one attached hydrogen (secondary N) is 1. The third-order valence-corrected chi connectivity index (χ3v) is 3.66. The van der Waals surface area contributed by atoms with E-state index >= 15 is 0 Å². The second kappa shape index (κ2) is 6.00. The van der Waals surface area contributed by atoms with Crippen molar-refractivity contribution in [3.05, 3.63) is 24.3 Å². The number of rotatable bonds is 6. The van der Waals surface area contributed by atoms with E-state index in [9.17, 15) is 8.42 Å². The molecule has 1 rings (SSSR count). The molecule has 0 amide bonds. The molecule has 0 saturated carbocycles.